The third kappa shape index (κ3) is 4.39. The lowest BCUT2D eigenvalue weighted by Gasteiger charge is -2.23. The molecule has 0 saturated heterocycles. The lowest BCUT2D eigenvalue weighted by atomic mass is 10.0. The fourth-order valence-electron chi connectivity index (χ4n) is 2.52. The van der Waals surface area contributed by atoms with Crippen LogP contribution in [0.5, 0.6) is 0 Å². The van der Waals surface area contributed by atoms with Crippen molar-refractivity contribution in [3.8, 4) is 0 Å². The number of hydrogen-bond acceptors (Lipinski definition) is 4. The molecule has 0 aromatic heterocycles. The molecule has 0 radical (unpaired) electrons. The summed E-state index contributed by atoms with van der Waals surface area (Å²) in [6.45, 7) is 4.68. The Kier molecular flexibility index (Phi) is 5.99. The van der Waals surface area contributed by atoms with Crippen LogP contribution >= 0.6 is 0 Å². The molecule has 0 spiro atoms. The van der Waals surface area contributed by atoms with Crippen molar-refractivity contribution in [3.05, 3.63) is 42.5 Å². The van der Waals surface area contributed by atoms with Gasteiger partial charge in [0.1, 0.15) is 12.1 Å². The van der Waals surface area contributed by atoms with E-state index in [9.17, 15) is 18.0 Å². The van der Waals surface area contributed by atoms with E-state index in [1.807, 2.05) is 6.07 Å². The van der Waals surface area contributed by atoms with E-state index >= 15 is 0 Å². The first kappa shape index (κ1) is 19.9. The maximum Gasteiger partial charge on any atom is 0.325 e. The summed E-state index contributed by atoms with van der Waals surface area (Å²) in [5, 5.41) is 12.5. The second kappa shape index (κ2) is 7.84. The van der Waals surface area contributed by atoms with Crippen LogP contribution in [0.2, 0.25) is 0 Å². The van der Waals surface area contributed by atoms with Crippen LogP contribution in [0.25, 0.3) is 10.8 Å². The number of carboxylic acids is 1. The van der Waals surface area contributed by atoms with Gasteiger partial charge in [-0.25, -0.2) is 8.42 Å². The van der Waals surface area contributed by atoms with Gasteiger partial charge in [0.25, 0.3) is 0 Å². The lowest BCUT2D eigenvalue weighted by molar-refractivity contribution is -0.141. The lowest BCUT2D eigenvalue weighted by Crippen LogP contribution is -2.52. The fraction of sp³-hybridized carbons (Fsp3) is 0.333. The van der Waals surface area contributed by atoms with Gasteiger partial charge in [0.2, 0.25) is 15.9 Å². The first-order valence-electron chi connectivity index (χ1n) is 8.16. The molecule has 2 aromatic carbocycles. The third-order valence-electron chi connectivity index (χ3n) is 4.00. The summed E-state index contributed by atoms with van der Waals surface area (Å²) in [4.78, 5) is 23.4. The van der Waals surface area contributed by atoms with Gasteiger partial charge in [-0.2, -0.15) is 4.72 Å². The number of carbonyl (C=O) groups excluding carboxylic acids is 1. The Hall–Kier alpha value is -2.45. The number of amides is 1. The van der Waals surface area contributed by atoms with Gasteiger partial charge in [0.05, 0.1) is 4.90 Å². The minimum atomic E-state index is -3.99. The van der Waals surface area contributed by atoms with Crippen molar-refractivity contribution < 1.29 is 23.1 Å². The molecule has 8 heteroatoms. The summed E-state index contributed by atoms with van der Waals surface area (Å²) in [6, 6.07) is 9.73. The zero-order valence-corrected chi connectivity index (χ0v) is 15.6. The van der Waals surface area contributed by atoms with Crippen LogP contribution in [0.3, 0.4) is 0 Å². The van der Waals surface area contributed by atoms with Crippen molar-refractivity contribution in [2.24, 2.45) is 5.92 Å². The van der Waals surface area contributed by atoms with Crippen molar-refractivity contribution in [1.82, 2.24) is 10.0 Å². The minimum absolute atomic E-state index is 0.0698. The molecule has 1 amide bonds. The Bertz CT molecular complexity index is 919. The number of hydrogen-bond donors (Lipinski definition) is 3. The van der Waals surface area contributed by atoms with E-state index in [-0.39, 0.29) is 10.8 Å². The Morgan fingerprint density at radius 1 is 1.00 bits per heavy atom. The SMILES string of the molecule is CC(C)[C@H](NS(=O)(=O)c1cccc2ccccc12)C(=O)N[C@@H](C)C(=O)O. The zero-order chi connectivity index (χ0) is 19.5. The van der Waals surface area contributed by atoms with E-state index in [2.05, 4.69) is 10.0 Å². The van der Waals surface area contributed by atoms with Gasteiger partial charge < -0.3 is 10.4 Å². The van der Waals surface area contributed by atoms with Crippen molar-refractivity contribution >= 4 is 32.7 Å². The van der Waals surface area contributed by atoms with Crippen molar-refractivity contribution in [2.75, 3.05) is 0 Å². The summed E-state index contributed by atoms with van der Waals surface area (Å²) < 4.78 is 28.2. The maximum absolute atomic E-state index is 12.9. The summed E-state index contributed by atoms with van der Waals surface area (Å²) in [5.41, 5.74) is 0. The summed E-state index contributed by atoms with van der Waals surface area (Å²) in [7, 11) is -3.99. The standard InChI is InChI=1S/C18H22N2O5S/c1-11(2)16(17(21)19-12(3)18(22)23)20-26(24,25)15-10-6-8-13-7-4-5-9-14(13)15/h4-12,16,20H,1-3H3,(H,19,21)(H,22,23)/t12-,16-/m0/s1. The van der Waals surface area contributed by atoms with E-state index in [1.54, 1.807) is 44.2 Å². The molecule has 2 aromatic rings. The molecule has 7 nitrogen and oxygen atoms in total. The molecule has 2 rings (SSSR count). The highest BCUT2D eigenvalue weighted by atomic mass is 32.2. The average Bonchev–Trinajstić information content (AvgIpc) is 2.58. The molecule has 3 N–H and O–H groups in total. The molecule has 0 unspecified atom stereocenters. The summed E-state index contributed by atoms with van der Waals surface area (Å²) in [6.07, 6.45) is 0. The van der Waals surface area contributed by atoms with Gasteiger partial charge in [-0.1, -0.05) is 50.2 Å². The molecule has 0 aliphatic heterocycles. The predicted octanol–water partition coefficient (Wildman–Crippen LogP) is 1.73. The number of rotatable bonds is 7. The van der Waals surface area contributed by atoms with E-state index in [0.717, 1.165) is 5.39 Å². The molecule has 140 valence electrons. The van der Waals surface area contributed by atoms with Gasteiger partial charge in [-0.05, 0) is 24.3 Å². The minimum Gasteiger partial charge on any atom is -0.480 e. The van der Waals surface area contributed by atoms with Gasteiger partial charge in [0, 0.05) is 5.39 Å². The van der Waals surface area contributed by atoms with Crippen LogP contribution in [0.4, 0.5) is 0 Å². The second-order valence-corrected chi connectivity index (χ2v) is 8.07. The van der Waals surface area contributed by atoms with E-state index in [4.69, 9.17) is 5.11 Å². The Morgan fingerprint density at radius 2 is 1.62 bits per heavy atom. The number of benzene rings is 2. The van der Waals surface area contributed by atoms with Crippen LogP contribution in [-0.4, -0.2) is 37.5 Å². The van der Waals surface area contributed by atoms with Crippen molar-refractivity contribution in [2.45, 2.75) is 37.8 Å². The highest BCUT2D eigenvalue weighted by Gasteiger charge is 2.30. The molecule has 0 fully saturated rings. The molecule has 0 aliphatic rings. The number of aliphatic carboxylic acids is 1. The molecule has 0 aliphatic carbocycles. The smallest absolute Gasteiger partial charge is 0.325 e. The molecule has 2 atom stereocenters. The molecule has 0 bridgehead atoms. The Balaban J connectivity index is 2.35. The monoisotopic (exact) mass is 378 g/mol. The number of fused-ring (bicyclic) bond motifs is 1. The summed E-state index contributed by atoms with van der Waals surface area (Å²) in [5.74, 6) is -2.25. The largest absolute Gasteiger partial charge is 0.480 e. The van der Waals surface area contributed by atoms with E-state index < -0.39 is 34.0 Å². The van der Waals surface area contributed by atoms with Crippen molar-refractivity contribution in [3.63, 3.8) is 0 Å². The normalized spacial score (nSPS) is 14.2. The van der Waals surface area contributed by atoms with E-state index in [1.165, 1.54) is 13.0 Å². The molecule has 0 heterocycles. The van der Waals surface area contributed by atoms with Gasteiger partial charge in [-0.15, -0.1) is 0 Å². The first-order valence-corrected chi connectivity index (χ1v) is 9.65. The highest BCUT2D eigenvalue weighted by molar-refractivity contribution is 7.89. The number of carbonyl (C=O) groups is 2. The zero-order valence-electron chi connectivity index (χ0n) is 14.8. The van der Waals surface area contributed by atoms with Crippen LogP contribution in [0.15, 0.2) is 47.4 Å². The van der Waals surface area contributed by atoms with Crippen LogP contribution in [0.1, 0.15) is 20.8 Å². The number of sulfonamides is 1. The molecular weight excluding hydrogens is 356 g/mol. The number of nitrogens with one attached hydrogen (secondary N) is 2. The second-order valence-electron chi connectivity index (χ2n) is 6.39. The number of carboxylic acid groups (broad SMARTS) is 1. The van der Waals surface area contributed by atoms with Crippen LogP contribution in [0, 0.1) is 5.92 Å². The average molecular weight is 378 g/mol. The van der Waals surface area contributed by atoms with Crippen molar-refractivity contribution in [1.29, 1.82) is 0 Å². The maximum atomic E-state index is 12.9. The predicted molar refractivity (Wildman–Crippen MR) is 98.1 cm³/mol. The summed E-state index contributed by atoms with van der Waals surface area (Å²) >= 11 is 0. The topological polar surface area (TPSA) is 113 Å². The quantitative estimate of drug-likeness (QED) is 0.679. The highest BCUT2D eigenvalue weighted by Crippen LogP contribution is 2.23. The van der Waals surface area contributed by atoms with Gasteiger partial charge in [-0.3, -0.25) is 9.59 Å². The van der Waals surface area contributed by atoms with Gasteiger partial charge >= 0.3 is 5.97 Å². The van der Waals surface area contributed by atoms with Crippen LogP contribution in [-0.2, 0) is 19.6 Å². The van der Waals surface area contributed by atoms with E-state index in [0.29, 0.717) is 5.39 Å². The van der Waals surface area contributed by atoms with Gasteiger partial charge in [0.15, 0.2) is 0 Å². The molecular formula is C18H22N2O5S. The molecule has 0 saturated carbocycles. The molecule has 26 heavy (non-hydrogen) atoms. The third-order valence-corrected chi connectivity index (χ3v) is 5.50. The Morgan fingerprint density at radius 3 is 2.23 bits per heavy atom. The fourth-order valence-corrected chi connectivity index (χ4v) is 4.09. The Labute approximate surface area is 152 Å². The first-order chi connectivity index (χ1) is 12.1. The van der Waals surface area contributed by atoms with Crippen LogP contribution < -0.4 is 10.0 Å².